The van der Waals surface area contributed by atoms with E-state index < -0.39 is 11.9 Å². The van der Waals surface area contributed by atoms with Gasteiger partial charge in [0, 0.05) is 96.3 Å². The molecular weight excluding hydrogens is 776 g/mol. The Hall–Kier alpha value is -5.15. The van der Waals surface area contributed by atoms with Gasteiger partial charge in [0.05, 0.1) is 23.4 Å². The molecule has 6 aliphatic rings. The first-order valence-corrected chi connectivity index (χ1v) is 22.3. The molecule has 4 saturated heterocycles. The first-order chi connectivity index (χ1) is 29.4. The minimum Gasteiger partial charge on any atom is -0.488 e. The van der Waals surface area contributed by atoms with Crippen LogP contribution in [-0.4, -0.2) is 129 Å². The number of hydrogen-bond donors (Lipinski definition) is 2. The van der Waals surface area contributed by atoms with Crippen molar-refractivity contribution in [1.82, 2.24) is 40.2 Å². The highest BCUT2D eigenvalue weighted by atomic mass is 19.1. The van der Waals surface area contributed by atoms with Gasteiger partial charge in [-0.25, -0.2) is 14.4 Å². The molecule has 0 radical (unpaired) electrons. The Morgan fingerprint density at radius 3 is 2.36 bits per heavy atom. The predicted octanol–water partition coefficient (Wildman–Crippen LogP) is 5.87. The lowest BCUT2D eigenvalue weighted by Gasteiger charge is -2.50. The average molecular weight is 837 g/mol. The van der Waals surface area contributed by atoms with Crippen molar-refractivity contribution in [3.63, 3.8) is 0 Å². The van der Waals surface area contributed by atoms with E-state index in [1.54, 1.807) is 18.5 Å². The van der Waals surface area contributed by atoms with Crippen LogP contribution in [0, 0.1) is 17.7 Å². The largest absolute Gasteiger partial charge is 0.488 e. The van der Waals surface area contributed by atoms with E-state index >= 15 is 4.39 Å². The summed E-state index contributed by atoms with van der Waals surface area (Å²) in [6.07, 6.45) is 8.48. The summed E-state index contributed by atoms with van der Waals surface area (Å²) in [6.45, 7) is 15.7. The number of fused-ring (bicyclic) bond motifs is 2. The number of rotatable bonds is 10. The first kappa shape index (κ1) is 40.0. The van der Waals surface area contributed by atoms with Crippen LogP contribution in [0.5, 0.6) is 5.75 Å². The quantitative estimate of drug-likeness (QED) is 0.185. The lowest BCUT2D eigenvalue weighted by molar-refractivity contribution is -0.136. The Balaban J connectivity index is 0.00000272. The summed E-state index contributed by atoms with van der Waals surface area (Å²) >= 11 is 0. The van der Waals surface area contributed by atoms with Crippen molar-refractivity contribution >= 4 is 40.1 Å². The molecule has 1 aliphatic carbocycles. The SMILES string of the molecule is CC1(Oc2ccc3[nH]nc(-c4cc(N5CCC(CN6CCN(CC7CCN(c8ccc9c(c8F)CN(C8CCC(=O)NC8=O)C9=O)CC7)CC6(C)C)CC5)ncn4)c3c2)CC1.[HH].[HH]. The van der Waals surface area contributed by atoms with E-state index in [1.807, 2.05) is 12.1 Å². The third-order valence-electron chi connectivity index (χ3n) is 14.4. The molecule has 61 heavy (non-hydrogen) atoms. The van der Waals surface area contributed by atoms with Gasteiger partial charge in [0.15, 0.2) is 5.82 Å². The van der Waals surface area contributed by atoms with E-state index in [1.165, 1.54) is 4.90 Å². The standard InChI is InChI=1S/C46H57FN10O4.2H2/c1-45(2)27-53(24-29-10-16-54(17-11-29)37-7-5-32-34(41(37)47)26-57(44(32)60)38-8-9-40(58)50-43(38)59)20-21-56(45)25-30-12-18-55(19-13-30)39-23-36(48-28-49-39)42-33-22-31(61-46(3)14-15-46)4-6-35(33)51-52-42;;/h4-7,22-23,28-30,38H,8-21,24-27H2,1-3H3,(H,51,52)(H,50,58,59);2*1H. The smallest absolute Gasteiger partial charge is 0.255 e. The number of carbonyl (C=O) groups is 3. The fourth-order valence-electron chi connectivity index (χ4n) is 10.5. The van der Waals surface area contributed by atoms with Crippen LogP contribution in [0.2, 0.25) is 0 Å². The zero-order valence-corrected chi connectivity index (χ0v) is 35.6. The number of aromatic amines is 1. The van der Waals surface area contributed by atoms with Gasteiger partial charge in [-0.2, -0.15) is 5.10 Å². The number of benzene rings is 2. The van der Waals surface area contributed by atoms with Gasteiger partial charge in [-0.15, -0.1) is 0 Å². The fraction of sp³-hybridized carbons (Fsp3) is 0.565. The summed E-state index contributed by atoms with van der Waals surface area (Å²) in [7, 11) is 0. The number of halogens is 1. The lowest BCUT2D eigenvalue weighted by atomic mass is 9.90. The van der Waals surface area contributed by atoms with E-state index in [4.69, 9.17) is 9.72 Å². The second-order valence-electron chi connectivity index (χ2n) is 19.3. The van der Waals surface area contributed by atoms with Gasteiger partial charge < -0.3 is 19.4 Å². The van der Waals surface area contributed by atoms with E-state index in [9.17, 15) is 14.4 Å². The molecule has 2 N–H and O–H groups in total. The van der Waals surface area contributed by atoms with Gasteiger partial charge in [-0.05, 0) is 108 Å². The molecule has 5 fully saturated rings. The van der Waals surface area contributed by atoms with E-state index in [2.05, 4.69) is 73.0 Å². The monoisotopic (exact) mass is 836 g/mol. The number of amides is 3. The molecule has 14 nitrogen and oxygen atoms in total. The minimum absolute atomic E-state index is 0. The van der Waals surface area contributed by atoms with Crippen molar-refractivity contribution in [2.45, 2.75) is 95.9 Å². The van der Waals surface area contributed by atoms with Crippen LogP contribution in [0.3, 0.4) is 0 Å². The summed E-state index contributed by atoms with van der Waals surface area (Å²) in [5.74, 6) is 1.45. The topological polar surface area (TPSA) is 143 Å². The van der Waals surface area contributed by atoms with E-state index in [-0.39, 0.29) is 51.0 Å². The molecule has 2 aromatic heterocycles. The number of H-pyrrole nitrogens is 1. The molecule has 326 valence electrons. The number of aromatic nitrogens is 4. The molecule has 1 unspecified atom stereocenters. The maximum atomic E-state index is 16.0. The first-order valence-electron chi connectivity index (χ1n) is 22.3. The predicted molar refractivity (Wildman–Crippen MR) is 234 cm³/mol. The number of piperazine rings is 1. The Labute approximate surface area is 359 Å². The number of ether oxygens (including phenoxy) is 1. The van der Waals surface area contributed by atoms with Gasteiger partial charge in [-0.1, -0.05) is 0 Å². The minimum atomic E-state index is -0.756. The summed E-state index contributed by atoms with van der Waals surface area (Å²) in [5, 5.41) is 11.1. The summed E-state index contributed by atoms with van der Waals surface area (Å²) in [4.78, 5) is 57.9. The average Bonchev–Trinajstić information content (AvgIpc) is 3.66. The van der Waals surface area contributed by atoms with Crippen LogP contribution in [0.1, 0.15) is 90.9 Å². The highest BCUT2D eigenvalue weighted by molar-refractivity contribution is 6.05. The number of piperidine rings is 3. The van der Waals surface area contributed by atoms with Crippen LogP contribution >= 0.6 is 0 Å². The second kappa shape index (κ2) is 15.6. The Kier molecular flexibility index (Phi) is 10.2. The van der Waals surface area contributed by atoms with Crippen molar-refractivity contribution in [3.05, 3.63) is 59.7 Å². The summed E-state index contributed by atoms with van der Waals surface area (Å²) in [5.41, 5.74) is 3.80. The number of carbonyl (C=O) groups excluding carboxylic acids is 3. The second-order valence-corrected chi connectivity index (χ2v) is 19.3. The molecule has 7 heterocycles. The fourth-order valence-corrected chi connectivity index (χ4v) is 10.5. The normalized spacial score (nSPS) is 23.8. The van der Waals surface area contributed by atoms with Gasteiger partial charge in [0.2, 0.25) is 11.8 Å². The highest BCUT2D eigenvalue weighted by Gasteiger charge is 2.42. The third-order valence-corrected chi connectivity index (χ3v) is 14.4. The van der Waals surface area contributed by atoms with E-state index in [0.29, 0.717) is 28.7 Å². The molecule has 0 spiro atoms. The zero-order valence-electron chi connectivity index (χ0n) is 35.6. The Morgan fingerprint density at radius 2 is 1.62 bits per heavy atom. The molecular formula is C46H61FN10O4. The van der Waals surface area contributed by atoms with Gasteiger partial charge in [0.1, 0.15) is 35.2 Å². The van der Waals surface area contributed by atoms with Crippen molar-refractivity contribution in [2.24, 2.45) is 11.8 Å². The van der Waals surface area contributed by atoms with Crippen LogP contribution in [-0.2, 0) is 16.1 Å². The number of nitrogens with zero attached hydrogens (tertiary/aromatic N) is 8. The number of hydrogen-bond acceptors (Lipinski definition) is 11. The summed E-state index contributed by atoms with van der Waals surface area (Å²) in [6, 6.07) is 10.9. The van der Waals surface area contributed by atoms with Crippen LogP contribution in [0.4, 0.5) is 15.9 Å². The maximum Gasteiger partial charge on any atom is 0.255 e. The van der Waals surface area contributed by atoms with Crippen molar-refractivity contribution in [1.29, 1.82) is 0 Å². The molecule has 4 aromatic rings. The molecule has 3 amide bonds. The molecule has 0 bridgehead atoms. The molecule has 2 aromatic carbocycles. The number of nitrogens with one attached hydrogen (secondary N) is 2. The van der Waals surface area contributed by atoms with Gasteiger partial charge >= 0.3 is 0 Å². The third kappa shape index (κ3) is 7.95. The molecule has 15 heteroatoms. The highest BCUT2D eigenvalue weighted by Crippen LogP contribution is 2.41. The van der Waals surface area contributed by atoms with Crippen LogP contribution < -0.4 is 19.9 Å². The van der Waals surface area contributed by atoms with Crippen LogP contribution in [0.25, 0.3) is 22.3 Å². The van der Waals surface area contributed by atoms with Crippen molar-refractivity contribution in [3.8, 4) is 17.1 Å². The lowest BCUT2D eigenvalue weighted by Crippen LogP contribution is -2.61. The molecule has 10 rings (SSSR count). The van der Waals surface area contributed by atoms with Gasteiger partial charge in [-0.3, -0.25) is 34.6 Å². The zero-order chi connectivity index (χ0) is 42.0. The molecule has 1 atom stereocenters. The summed E-state index contributed by atoms with van der Waals surface area (Å²) < 4.78 is 22.3. The Bertz CT molecular complexity index is 2360. The van der Waals surface area contributed by atoms with Gasteiger partial charge in [0.25, 0.3) is 5.91 Å². The number of imide groups is 1. The molecule has 1 saturated carbocycles. The van der Waals surface area contributed by atoms with Crippen molar-refractivity contribution < 1.29 is 26.4 Å². The molecule has 5 aliphatic heterocycles. The Morgan fingerprint density at radius 1 is 0.869 bits per heavy atom. The number of anilines is 2. The maximum absolute atomic E-state index is 16.0. The van der Waals surface area contributed by atoms with Crippen molar-refractivity contribution in [2.75, 3.05) is 68.7 Å². The van der Waals surface area contributed by atoms with Crippen LogP contribution in [0.15, 0.2) is 42.7 Å². The van der Waals surface area contributed by atoms with E-state index in [0.717, 1.165) is 131 Å².